The van der Waals surface area contributed by atoms with Gasteiger partial charge < -0.3 is 19.7 Å². The molecule has 0 aliphatic heterocycles. The molecule has 2 rings (SSSR count). The lowest BCUT2D eigenvalue weighted by Crippen LogP contribution is -2.48. The Hall–Kier alpha value is -1.76. The van der Waals surface area contributed by atoms with Crippen LogP contribution in [0.1, 0.15) is 44.4 Å². The third-order valence-electron chi connectivity index (χ3n) is 5.18. The summed E-state index contributed by atoms with van der Waals surface area (Å²) in [5.74, 6) is 0. The summed E-state index contributed by atoms with van der Waals surface area (Å²) >= 11 is 0. The SMILES string of the molecule is CCOC(C[C@H]([C@@H](O)CO)N(Cc1ccccc1)[C@H](C)c1ccccc1)OCC. The molecule has 5 heteroatoms. The second-order valence-corrected chi connectivity index (χ2v) is 7.14. The Balaban J connectivity index is 2.36. The van der Waals surface area contributed by atoms with Crippen molar-refractivity contribution in [2.24, 2.45) is 0 Å². The molecule has 3 atom stereocenters. The standard InChI is InChI=1S/C24H35NO4/c1-4-28-24(29-5-2)16-22(23(27)18-26)25(17-20-12-8-6-9-13-20)19(3)21-14-10-7-11-15-21/h6-15,19,22-24,26-27H,4-5,16-18H2,1-3H3/t19-,22-,23+/m1/s1. The molecule has 0 aliphatic rings. The van der Waals surface area contributed by atoms with E-state index in [4.69, 9.17) is 9.47 Å². The summed E-state index contributed by atoms with van der Waals surface area (Å²) in [6, 6.07) is 20.1. The van der Waals surface area contributed by atoms with Crippen molar-refractivity contribution in [3.05, 3.63) is 71.8 Å². The highest BCUT2D eigenvalue weighted by Crippen LogP contribution is 2.29. The molecule has 2 aromatic carbocycles. The van der Waals surface area contributed by atoms with Gasteiger partial charge in [-0.25, -0.2) is 0 Å². The topological polar surface area (TPSA) is 62.2 Å². The van der Waals surface area contributed by atoms with E-state index in [2.05, 4.69) is 36.1 Å². The zero-order valence-corrected chi connectivity index (χ0v) is 17.8. The van der Waals surface area contributed by atoms with E-state index in [0.29, 0.717) is 26.2 Å². The molecule has 0 amide bonds. The lowest BCUT2D eigenvalue weighted by atomic mass is 9.98. The maximum absolute atomic E-state index is 10.7. The molecule has 0 aliphatic carbocycles. The van der Waals surface area contributed by atoms with E-state index >= 15 is 0 Å². The summed E-state index contributed by atoms with van der Waals surface area (Å²) in [5.41, 5.74) is 2.30. The predicted molar refractivity (Wildman–Crippen MR) is 115 cm³/mol. The maximum Gasteiger partial charge on any atom is 0.159 e. The molecule has 0 heterocycles. The first-order valence-electron chi connectivity index (χ1n) is 10.5. The Kier molecular flexibility index (Phi) is 10.3. The number of ether oxygens (including phenoxy) is 2. The van der Waals surface area contributed by atoms with E-state index in [1.54, 1.807) is 0 Å². The Morgan fingerprint density at radius 2 is 1.45 bits per heavy atom. The van der Waals surface area contributed by atoms with Crippen LogP contribution in [0.5, 0.6) is 0 Å². The van der Waals surface area contributed by atoms with Gasteiger partial charge in [-0.3, -0.25) is 4.90 Å². The molecule has 0 radical (unpaired) electrons. The zero-order valence-electron chi connectivity index (χ0n) is 17.8. The van der Waals surface area contributed by atoms with Crippen molar-refractivity contribution >= 4 is 0 Å². The van der Waals surface area contributed by atoms with Crippen molar-refractivity contribution in [3.63, 3.8) is 0 Å². The Morgan fingerprint density at radius 1 is 0.897 bits per heavy atom. The smallest absolute Gasteiger partial charge is 0.159 e. The first kappa shape index (κ1) is 23.5. The molecule has 0 unspecified atom stereocenters. The Labute approximate surface area is 174 Å². The zero-order chi connectivity index (χ0) is 21.1. The van der Waals surface area contributed by atoms with Crippen LogP contribution in [0.15, 0.2) is 60.7 Å². The lowest BCUT2D eigenvalue weighted by Gasteiger charge is -2.40. The maximum atomic E-state index is 10.7. The van der Waals surface area contributed by atoms with Crippen LogP contribution >= 0.6 is 0 Å². The van der Waals surface area contributed by atoms with Crippen LogP contribution in [0.2, 0.25) is 0 Å². The first-order chi connectivity index (χ1) is 14.1. The highest BCUT2D eigenvalue weighted by molar-refractivity contribution is 5.20. The normalized spacial score (nSPS) is 14.9. The van der Waals surface area contributed by atoms with Crippen molar-refractivity contribution in [3.8, 4) is 0 Å². The molecule has 5 nitrogen and oxygen atoms in total. The number of aliphatic hydroxyl groups excluding tert-OH is 2. The van der Waals surface area contributed by atoms with E-state index in [-0.39, 0.29) is 18.7 Å². The minimum Gasteiger partial charge on any atom is -0.394 e. The molecule has 0 spiro atoms. The van der Waals surface area contributed by atoms with Gasteiger partial charge in [-0.2, -0.15) is 0 Å². The van der Waals surface area contributed by atoms with E-state index in [0.717, 1.165) is 11.1 Å². The summed E-state index contributed by atoms with van der Waals surface area (Å²) in [4.78, 5) is 2.23. The van der Waals surface area contributed by atoms with Crippen molar-refractivity contribution in [1.29, 1.82) is 0 Å². The van der Waals surface area contributed by atoms with Gasteiger partial charge in [0.1, 0.15) is 0 Å². The summed E-state index contributed by atoms with van der Waals surface area (Å²) in [5, 5.41) is 20.5. The fourth-order valence-corrected chi connectivity index (χ4v) is 3.65. The minimum absolute atomic E-state index is 0.0338. The fourth-order valence-electron chi connectivity index (χ4n) is 3.65. The summed E-state index contributed by atoms with van der Waals surface area (Å²) in [6.07, 6.45) is -0.876. The number of nitrogens with zero attached hydrogens (tertiary/aromatic N) is 1. The largest absolute Gasteiger partial charge is 0.394 e. The van der Waals surface area contributed by atoms with Crippen molar-refractivity contribution < 1.29 is 19.7 Å². The van der Waals surface area contributed by atoms with E-state index in [1.807, 2.05) is 50.2 Å². The number of rotatable bonds is 13. The average molecular weight is 402 g/mol. The number of benzene rings is 2. The average Bonchev–Trinajstić information content (AvgIpc) is 2.76. The molecule has 29 heavy (non-hydrogen) atoms. The molecule has 0 aromatic heterocycles. The number of hydrogen-bond donors (Lipinski definition) is 2. The van der Waals surface area contributed by atoms with Crippen LogP contribution in [0.3, 0.4) is 0 Å². The van der Waals surface area contributed by atoms with E-state index in [1.165, 1.54) is 0 Å². The van der Waals surface area contributed by atoms with Gasteiger partial charge in [-0.1, -0.05) is 60.7 Å². The quantitative estimate of drug-likeness (QED) is 0.501. The van der Waals surface area contributed by atoms with Crippen LogP contribution < -0.4 is 0 Å². The van der Waals surface area contributed by atoms with E-state index < -0.39 is 12.4 Å². The first-order valence-corrected chi connectivity index (χ1v) is 10.5. The van der Waals surface area contributed by atoms with Crippen LogP contribution in [-0.2, 0) is 16.0 Å². The van der Waals surface area contributed by atoms with Crippen LogP contribution in [0.25, 0.3) is 0 Å². The van der Waals surface area contributed by atoms with Crippen LogP contribution in [0, 0.1) is 0 Å². The Morgan fingerprint density at radius 3 is 1.97 bits per heavy atom. The van der Waals surface area contributed by atoms with Crippen LogP contribution in [-0.4, -0.2) is 53.4 Å². The number of aliphatic hydroxyl groups is 2. The summed E-state index contributed by atoms with van der Waals surface area (Å²) in [7, 11) is 0. The molecule has 0 bridgehead atoms. The second-order valence-electron chi connectivity index (χ2n) is 7.14. The molecule has 0 fully saturated rings. The Bertz CT molecular complexity index is 661. The van der Waals surface area contributed by atoms with Crippen molar-refractivity contribution in [2.75, 3.05) is 19.8 Å². The van der Waals surface area contributed by atoms with Gasteiger partial charge in [-0.15, -0.1) is 0 Å². The molecule has 160 valence electrons. The van der Waals surface area contributed by atoms with E-state index in [9.17, 15) is 10.2 Å². The van der Waals surface area contributed by atoms with Gasteiger partial charge in [0.25, 0.3) is 0 Å². The molecule has 0 saturated heterocycles. The molecule has 2 aromatic rings. The molecule has 2 N–H and O–H groups in total. The second kappa shape index (κ2) is 12.7. The summed E-state index contributed by atoms with van der Waals surface area (Å²) in [6.45, 7) is 7.37. The third-order valence-corrected chi connectivity index (χ3v) is 5.18. The van der Waals surface area contributed by atoms with Crippen molar-refractivity contribution in [1.82, 2.24) is 4.90 Å². The van der Waals surface area contributed by atoms with Crippen LogP contribution in [0.4, 0.5) is 0 Å². The molecular formula is C24H35NO4. The fraction of sp³-hybridized carbons (Fsp3) is 0.500. The van der Waals surface area contributed by atoms with Gasteiger partial charge in [0.15, 0.2) is 6.29 Å². The van der Waals surface area contributed by atoms with Gasteiger partial charge >= 0.3 is 0 Å². The highest BCUT2D eigenvalue weighted by atomic mass is 16.7. The molecule has 0 saturated carbocycles. The van der Waals surface area contributed by atoms with Gasteiger partial charge in [-0.05, 0) is 31.9 Å². The predicted octanol–water partition coefficient (Wildman–Crippen LogP) is 3.76. The molecular weight excluding hydrogens is 366 g/mol. The third kappa shape index (κ3) is 7.21. The highest BCUT2D eigenvalue weighted by Gasteiger charge is 2.32. The van der Waals surface area contributed by atoms with Gasteiger partial charge in [0, 0.05) is 38.3 Å². The van der Waals surface area contributed by atoms with Gasteiger partial charge in [0.2, 0.25) is 0 Å². The van der Waals surface area contributed by atoms with Crippen molar-refractivity contribution in [2.45, 2.75) is 58.2 Å². The minimum atomic E-state index is -0.909. The lowest BCUT2D eigenvalue weighted by molar-refractivity contribution is -0.159. The number of hydrogen-bond acceptors (Lipinski definition) is 5. The summed E-state index contributed by atoms with van der Waals surface area (Å²) < 4.78 is 11.5. The van der Waals surface area contributed by atoms with Gasteiger partial charge in [0.05, 0.1) is 12.7 Å². The monoisotopic (exact) mass is 401 g/mol.